The summed E-state index contributed by atoms with van der Waals surface area (Å²) in [5.41, 5.74) is 7.44. The standard InChI is InChI=1S/C38H39ClFN5O5/c1-21-33-30-12-11-29(39)35(33)34-22(2)43(3)42-36(34)32(19-46)50-20-26-18-27(44(4)41-26)9-7-23-15-24-17-25(40)8-10-28(24)31(16-23)49-14-6-13-45(30)37(21)38(47)48-5/h8,10-12,15-18,32,46H,6-7,9,13-14,19-20H2,1-5H3. The first-order valence-electron chi connectivity index (χ1n) is 16.6. The maximum absolute atomic E-state index is 14.3. The molecule has 1 unspecified atom stereocenters. The Balaban J connectivity index is 1.40. The van der Waals surface area contributed by atoms with Gasteiger partial charge in [-0.2, -0.15) is 10.2 Å². The number of hydrogen-bond acceptors (Lipinski definition) is 7. The molecule has 0 spiro atoms. The molecule has 12 heteroatoms. The van der Waals surface area contributed by atoms with Gasteiger partial charge in [-0.05, 0) is 92.1 Å². The van der Waals surface area contributed by atoms with Crippen LogP contribution in [0.2, 0.25) is 5.02 Å². The Morgan fingerprint density at radius 2 is 1.88 bits per heavy atom. The van der Waals surface area contributed by atoms with Gasteiger partial charge in [0.05, 0.1) is 32.6 Å². The topological polar surface area (TPSA) is 106 Å². The number of carbonyl (C=O) groups is 1. The quantitative estimate of drug-likeness (QED) is 0.195. The normalized spacial score (nSPS) is 15.6. The van der Waals surface area contributed by atoms with Crippen LogP contribution in [0.4, 0.5) is 4.39 Å². The van der Waals surface area contributed by atoms with Crippen molar-refractivity contribution in [1.82, 2.24) is 24.1 Å². The summed E-state index contributed by atoms with van der Waals surface area (Å²) in [6.45, 7) is 4.45. The van der Waals surface area contributed by atoms with Crippen LogP contribution in [0.3, 0.4) is 0 Å². The molecule has 0 saturated heterocycles. The predicted molar refractivity (Wildman–Crippen MR) is 189 cm³/mol. The fourth-order valence-corrected chi connectivity index (χ4v) is 7.45. The predicted octanol–water partition coefficient (Wildman–Crippen LogP) is 6.94. The van der Waals surface area contributed by atoms with E-state index in [1.165, 1.54) is 19.2 Å². The summed E-state index contributed by atoms with van der Waals surface area (Å²) in [6.07, 6.45) is 1.14. The van der Waals surface area contributed by atoms with Crippen LogP contribution in [-0.4, -0.2) is 55.5 Å². The van der Waals surface area contributed by atoms with Crippen molar-refractivity contribution in [1.29, 1.82) is 0 Å². The number of aromatic nitrogens is 5. The maximum Gasteiger partial charge on any atom is 0.354 e. The van der Waals surface area contributed by atoms with Crippen LogP contribution < -0.4 is 4.74 Å². The first-order chi connectivity index (χ1) is 24.1. The Labute approximate surface area is 293 Å². The molecule has 10 nitrogen and oxygen atoms in total. The van der Waals surface area contributed by atoms with Crippen LogP contribution in [0.15, 0.2) is 48.5 Å². The van der Waals surface area contributed by atoms with Gasteiger partial charge in [0.1, 0.15) is 29.1 Å². The van der Waals surface area contributed by atoms with E-state index >= 15 is 0 Å². The van der Waals surface area contributed by atoms with Crippen molar-refractivity contribution in [2.45, 2.75) is 52.4 Å². The molecule has 1 atom stereocenters. The molecule has 1 N–H and O–H groups in total. The first-order valence-corrected chi connectivity index (χ1v) is 17.0. The minimum absolute atomic E-state index is 0.140. The number of methoxy groups -OCH3 is 1. The highest BCUT2D eigenvalue weighted by atomic mass is 35.5. The van der Waals surface area contributed by atoms with Crippen molar-refractivity contribution in [3.63, 3.8) is 0 Å². The summed E-state index contributed by atoms with van der Waals surface area (Å²) in [6, 6.07) is 14.5. The van der Waals surface area contributed by atoms with Crippen LogP contribution >= 0.6 is 11.6 Å². The second kappa shape index (κ2) is 13.5. The van der Waals surface area contributed by atoms with Gasteiger partial charge < -0.3 is 23.9 Å². The average molecular weight is 700 g/mol. The zero-order valence-electron chi connectivity index (χ0n) is 28.7. The molecule has 3 aromatic carbocycles. The Hall–Kier alpha value is -4.71. The molecule has 50 heavy (non-hydrogen) atoms. The van der Waals surface area contributed by atoms with Crippen molar-refractivity contribution >= 4 is 39.2 Å². The van der Waals surface area contributed by atoms with Crippen molar-refractivity contribution in [3.8, 4) is 16.9 Å². The van der Waals surface area contributed by atoms with Crippen LogP contribution in [0, 0.1) is 19.7 Å². The number of rotatable bonds is 2. The largest absolute Gasteiger partial charge is 0.493 e. The molecule has 8 bridgehead atoms. The summed E-state index contributed by atoms with van der Waals surface area (Å²) < 4.78 is 37.9. The van der Waals surface area contributed by atoms with Gasteiger partial charge in [0, 0.05) is 64.5 Å². The zero-order valence-corrected chi connectivity index (χ0v) is 29.5. The first kappa shape index (κ1) is 33.8. The molecule has 1 aliphatic rings. The minimum Gasteiger partial charge on any atom is -0.493 e. The Bertz CT molecular complexity index is 2270. The van der Waals surface area contributed by atoms with Crippen LogP contribution in [-0.2, 0) is 49.6 Å². The van der Waals surface area contributed by atoms with Gasteiger partial charge in [-0.25, -0.2) is 9.18 Å². The second-order valence-corrected chi connectivity index (χ2v) is 13.2. The molecule has 3 aromatic heterocycles. The van der Waals surface area contributed by atoms with E-state index in [4.69, 9.17) is 30.9 Å². The number of carbonyl (C=O) groups excluding carboxylic acids is 1. The second-order valence-electron chi connectivity index (χ2n) is 12.8. The van der Waals surface area contributed by atoms with Crippen LogP contribution in [0.25, 0.3) is 32.8 Å². The average Bonchev–Trinajstić information content (AvgIpc) is 3.70. The molecular weight excluding hydrogens is 661 g/mol. The molecule has 1 aliphatic heterocycles. The third-order valence-corrected chi connectivity index (χ3v) is 10.0. The molecule has 7 rings (SSSR count). The van der Waals surface area contributed by atoms with Gasteiger partial charge in [-0.15, -0.1) is 0 Å². The molecule has 4 heterocycles. The van der Waals surface area contributed by atoms with Crippen molar-refractivity contribution < 1.29 is 28.5 Å². The van der Waals surface area contributed by atoms with Crippen molar-refractivity contribution in [3.05, 3.63) is 99.0 Å². The lowest BCUT2D eigenvalue weighted by Crippen LogP contribution is -2.13. The molecule has 260 valence electrons. The van der Waals surface area contributed by atoms with Crippen molar-refractivity contribution in [2.75, 3.05) is 20.3 Å². The fourth-order valence-electron chi connectivity index (χ4n) is 7.20. The van der Waals surface area contributed by atoms with E-state index in [2.05, 4.69) is 5.10 Å². The molecule has 0 radical (unpaired) electrons. The summed E-state index contributed by atoms with van der Waals surface area (Å²) in [7, 11) is 5.10. The van der Waals surface area contributed by atoms with Gasteiger partial charge in [0.15, 0.2) is 0 Å². The van der Waals surface area contributed by atoms with Gasteiger partial charge >= 0.3 is 5.97 Å². The van der Waals surface area contributed by atoms with E-state index < -0.39 is 12.1 Å². The highest BCUT2D eigenvalue weighted by Gasteiger charge is 2.30. The van der Waals surface area contributed by atoms with Crippen LogP contribution in [0.1, 0.15) is 56.9 Å². The number of nitrogens with zero attached hydrogens (tertiary/aromatic N) is 5. The van der Waals surface area contributed by atoms with Gasteiger partial charge in [-0.1, -0.05) is 17.7 Å². The van der Waals surface area contributed by atoms with E-state index in [0.717, 1.165) is 44.2 Å². The monoisotopic (exact) mass is 699 g/mol. The number of fused-ring (bicyclic) bond motifs is 8. The maximum atomic E-state index is 14.3. The third-order valence-electron chi connectivity index (χ3n) is 9.73. The highest BCUT2D eigenvalue weighted by Crippen LogP contribution is 2.44. The van der Waals surface area contributed by atoms with Crippen molar-refractivity contribution in [2.24, 2.45) is 14.1 Å². The van der Waals surface area contributed by atoms with Crippen LogP contribution in [0.5, 0.6) is 5.75 Å². The third kappa shape index (κ3) is 5.93. The van der Waals surface area contributed by atoms with E-state index in [1.54, 1.807) is 10.7 Å². The Morgan fingerprint density at radius 1 is 1.06 bits per heavy atom. The number of halogens is 2. The zero-order chi connectivity index (χ0) is 35.3. The summed E-state index contributed by atoms with van der Waals surface area (Å²) in [4.78, 5) is 13.4. The SMILES string of the molecule is COC(=O)c1c(C)c2c3c(Cl)ccc2n1CCCOc1cc(cc2cc(F)ccc12)CCc1cc(nn1C)COC(CO)c1nn(C)c(C)c1-3. The van der Waals surface area contributed by atoms with E-state index in [0.29, 0.717) is 71.4 Å². The number of ether oxygens (including phenoxy) is 3. The highest BCUT2D eigenvalue weighted by molar-refractivity contribution is 6.35. The lowest BCUT2D eigenvalue weighted by Gasteiger charge is -2.17. The molecule has 0 aliphatic carbocycles. The summed E-state index contributed by atoms with van der Waals surface area (Å²) in [5, 5.41) is 23.0. The van der Waals surface area contributed by atoms with E-state index in [-0.39, 0.29) is 19.0 Å². The summed E-state index contributed by atoms with van der Waals surface area (Å²) in [5.74, 6) is -0.105. The molecule has 0 amide bonds. The fraction of sp³-hybridized carbons (Fsp3) is 0.342. The Morgan fingerprint density at radius 3 is 2.66 bits per heavy atom. The van der Waals surface area contributed by atoms with E-state index in [1.807, 2.05) is 67.5 Å². The number of aliphatic hydroxyl groups is 1. The summed E-state index contributed by atoms with van der Waals surface area (Å²) >= 11 is 7.03. The van der Waals surface area contributed by atoms with Gasteiger partial charge in [0.2, 0.25) is 0 Å². The molecule has 0 saturated carbocycles. The van der Waals surface area contributed by atoms with E-state index in [9.17, 15) is 14.3 Å². The Kier molecular flexibility index (Phi) is 9.15. The molecular formula is C38H39ClFN5O5. The smallest absolute Gasteiger partial charge is 0.354 e. The van der Waals surface area contributed by atoms with Gasteiger partial charge in [0.25, 0.3) is 0 Å². The number of aliphatic hydroxyl groups excluding tert-OH is 1. The molecule has 0 fully saturated rings. The number of benzene rings is 3. The minimum atomic E-state index is -0.785. The lowest BCUT2D eigenvalue weighted by atomic mass is 9.95. The van der Waals surface area contributed by atoms with Gasteiger partial charge in [-0.3, -0.25) is 9.36 Å². The number of aryl methyl sites for hydroxylation is 6. The number of esters is 1. The number of hydrogen-bond donors (Lipinski definition) is 1. The molecule has 6 aromatic rings. The lowest BCUT2D eigenvalue weighted by molar-refractivity contribution is -0.00291.